The number of benzene rings is 2. The Morgan fingerprint density at radius 3 is 2.10 bits per heavy atom. The summed E-state index contributed by atoms with van der Waals surface area (Å²) < 4.78 is 11.6. The van der Waals surface area contributed by atoms with Gasteiger partial charge >= 0.3 is 0 Å². The van der Waals surface area contributed by atoms with Crippen molar-refractivity contribution in [1.82, 2.24) is 0 Å². The van der Waals surface area contributed by atoms with E-state index in [0.29, 0.717) is 19.0 Å². The van der Waals surface area contributed by atoms with E-state index in [4.69, 9.17) is 14.7 Å². The molecule has 4 heteroatoms. The van der Waals surface area contributed by atoms with E-state index >= 15 is 0 Å². The Morgan fingerprint density at radius 2 is 1.50 bits per heavy atom. The normalized spacial score (nSPS) is 22.4. The summed E-state index contributed by atoms with van der Waals surface area (Å²) in [6.07, 6.45) is -0.359. The summed E-state index contributed by atoms with van der Waals surface area (Å²) in [5.74, 6) is 0.666. The Labute approximate surface area is 117 Å². The van der Waals surface area contributed by atoms with Gasteiger partial charge in [0.05, 0.1) is 13.2 Å². The second kappa shape index (κ2) is 6.05. The monoisotopic (exact) mass is 272 g/mol. The average molecular weight is 272 g/mol. The van der Waals surface area contributed by atoms with E-state index in [1.807, 2.05) is 30.3 Å². The van der Waals surface area contributed by atoms with Gasteiger partial charge in [-0.05, 0) is 17.7 Å². The van der Waals surface area contributed by atoms with Crippen molar-refractivity contribution in [2.45, 2.75) is 12.2 Å². The summed E-state index contributed by atoms with van der Waals surface area (Å²) >= 11 is 0. The SMILES string of the molecule is OOc1ccc(C2OCC(c3ccccc3)CO2)cc1. The van der Waals surface area contributed by atoms with Gasteiger partial charge in [0.15, 0.2) is 12.0 Å². The van der Waals surface area contributed by atoms with E-state index in [2.05, 4.69) is 17.0 Å². The van der Waals surface area contributed by atoms with Gasteiger partial charge < -0.3 is 14.4 Å². The zero-order valence-electron chi connectivity index (χ0n) is 10.9. The first-order valence-electron chi connectivity index (χ1n) is 6.56. The maximum atomic E-state index is 8.54. The molecule has 0 atom stereocenters. The van der Waals surface area contributed by atoms with Gasteiger partial charge in [-0.15, -0.1) is 0 Å². The molecule has 1 aliphatic rings. The summed E-state index contributed by atoms with van der Waals surface area (Å²) in [5.41, 5.74) is 2.15. The van der Waals surface area contributed by atoms with E-state index in [-0.39, 0.29) is 12.2 Å². The predicted molar refractivity (Wildman–Crippen MR) is 73.5 cm³/mol. The molecule has 0 aromatic heterocycles. The second-order valence-corrected chi connectivity index (χ2v) is 4.77. The highest BCUT2D eigenvalue weighted by atomic mass is 17.1. The largest absolute Gasteiger partial charge is 0.348 e. The highest BCUT2D eigenvalue weighted by Gasteiger charge is 2.24. The molecule has 0 radical (unpaired) electrons. The van der Waals surface area contributed by atoms with Crippen molar-refractivity contribution >= 4 is 0 Å². The molecule has 1 N–H and O–H groups in total. The molecule has 1 fully saturated rings. The molecule has 1 saturated heterocycles. The Hall–Kier alpha value is -1.88. The maximum absolute atomic E-state index is 8.54. The number of hydrogen-bond acceptors (Lipinski definition) is 4. The van der Waals surface area contributed by atoms with Crippen LogP contribution >= 0.6 is 0 Å². The van der Waals surface area contributed by atoms with E-state index in [1.165, 1.54) is 5.56 Å². The molecule has 3 rings (SSSR count). The zero-order valence-corrected chi connectivity index (χ0v) is 10.9. The molecule has 0 unspecified atom stereocenters. The van der Waals surface area contributed by atoms with Gasteiger partial charge in [-0.25, -0.2) is 5.26 Å². The molecule has 2 aromatic rings. The van der Waals surface area contributed by atoms with Crippen LogP contribution in [0.1, 0.15) is 23.3 Å². The molecule has 20 heavy (non-hydrogen) atoms. The molecular weight excluding hydrogens is 256 g/mol. The third-order valence-electron chi connectivity index (χ3n) is 3.43. The molecule has 0 aliphatic carbocycles. The molecule has 0 amide bonds. The minimum absolute atomic E-state index is 0.271. The van der Waals surface area contributed by atoms with E-state index in [9.17, 15) is 0 Å². The van der Waals surface area contributed by atoms with E-state index in [0.717, 1.165) is 5.56 Å². The van der Waals surface area contributed by atoms with Gasteiger partial charge in [0.2, 0.25) is 0 Å². The topological polar surface area (TPSA) is 47.9 Å². The van der Waals surface area contributed by atoms with Crippen molar-refractivity contribution in [3.8, 4) is 5.75 Å². The Morgan fingerprint density at radius 1 is 0.850 bits per heavy atom. The molecule has 2 aromatic carbocycles. The molecule has 1 aliphatic heterocycles. The van der Waals surface area contributed by atoms with Crippen molar-refractivity contribution in [3.05, 3.63) is 65.7 Å². The van der Waals surface area contributed by atoms with Crippen LogP contribution in [-0.4, -0.2) is 18.5 Å². The second-order valence-electron chi connectivity index (χ2n) is 4.77. The third-order valence-corrected chi connectivity index (χ3v) is 3.43. The Bertz CT molecular complexity index is 530. The molecule has 0 spiro atoms. The fourth-order valence-corrected chi connectivity index (χ4v) is 2.30. The predicted octanol–water partition coefficient (Wildman–Crippen LogP) is 3.37. The third kappa shape index (κ3) is 2.82. The highest BCUT2D eigenvalue weighted by Crippen LogP contribution is 2.30. The van der Waals surface area contributed by atoms with E-state index in [1.54, 1.807) is 12.1 Å². The molecule has 0 saturated carbocycles. The summed E-state index contributed by atoms with van der Waals surface area (Å²) in [5, 5.41) is 8.54. The van der Waals surface area contributed by atoms with Gasteiger partial charge in [-0.3, -0.25) is 0 Å². The first-order chi connectivity index (χ1) is 9.86. The van der Waals surface area contributed by atoms with Crippen molar-refractivity contribution in [1.29, 1.82) is 0 Å². The minimum Gasteiger partial charge on any atom is -0.348 e. The van der Waals surface area contributed by atoms with Crippen LogP contribution in [0.15, 0.2) is 54.6 Å². The first kappa shape index (κ1) is 13.1. The van der Waals surface area contributed by atoms with Crippen LogP contribution in [0, 0.1) is 0 Å². The van der Waals surface area contributed by atoms with Crippen LogP contribution in [0.3, 0.4) is 0 Å². The standard InChI is InChI=1S/C16H16O4/c17-20-15-8-6-13(7-9-15)16-18-10-14(11-19-16)12-4-2-1-3-5-12/h1-9,14,16-17H,10-11H2. The van der Waals surface area contributed by atoms with Crippen LogP contribution in [-0.2, 0) is 9.47 Å². The van der Waals surface area contributed by atoms with Crippen molar-refractivity contribution < 1.29 is 19.6 Å². The summed E-state index contributed by atoms with van der Waals surface area (Å²) in [7, 11) is 0. The van der Waals surface area contributed by atoms with Gasteiger partial charge in [0, 0.05) is 11.5 Å². The molecule has 0 bridgehead atoms. The lowest BCUT2D eigenvalue weighted by molar-refractivity contribution is -0.191. The lowest BCUT2D eigenvalue weighted by Gasteiger charge is -2.29. The summed E-state index contributed by atoms with van der Waals surface area (Å²) in [4.78, 5) is 4.15. The van der Waals surface area contributed by atoms with Crippen molar-refractivity contribution in [3.63, 3.8) is 0 Å². The lowest BCUT2D eigenvalue weighted by atomic mass is 10.0. The van der Waals surface area contributed by atoms with Crippen molar-refractivity contribution in [2.75, 3.05) is 13.2 Å². The molecule has 104 valence electrons. The zero-order chi connectivity index (χ0) is 13.8. The average Bonchev–Trinajstić information content (AvgIpc) is 2.56. The summed E-state index contributed by atoms with van der Waals surface area (Å²) in [6, 6.07) is 17.2. The van der Waals surface area contributed by atoms with Crippen molar-refractivity contribution in [2.24, 2.45) is 0 Å². The quantitative estimate of drug-likeness (QED) is 0.687. The van der Waals surface area contributed by atoms with Gasteiger partial charge in [-0.1, -0.05) is 42.5 Å². The van der Waals surface area contributed by atoms with Gasteiger partial charge in [-0.2, -0.15) is 0 Å². The van der Waals surface area contributed by atoms with Crippen LogP contribution < -0.4 is 4.89 Å². The molecule has 4 nitrogen and oxygen atoms in total. The fraction of sp³-hybridized carbons (Fsp3) is 0.250. The lowest BCUT2D eigenvalue weighted by Crippen LogP contribution is -2.25. The van der Waals surface area contributed by atoms with Crippen LogP contribution in [0.25, 0.3) is 0 Å². The minimum atomic E-state index is -0.359. The van der Waals surface area contributed by atoms with Gasteiger partial charge in [0.1, 0.15) is 0 Å². The van der Waals surface area contributed by atoms with Crippen LogP contribution in [0.4, 0.5) is 0 Å². The number of hydrogen-bond donors (Lipinski definition) is 1. The van der Waals surface area contributed by atoms with Crippen LogP contribution in [0.5, 0.6) is 5.75 Å². The molecular formula is C16H16O4. The first-order valence-corrected chi connectivity index (χ1v) is 6.56. The Kier molecular flexibility index (Phi) is 3.97. The highest BCUT2D eigenvalue weighted by molar-refractivity contribution is 5.28. The van der Waals surface area contributed by atoms with Crippen LogP contribution in [0.2, 0.25) is 0 Å². The molecule has 1 heterocycles. The smallest absolute Gasteiger partial charge is 0.183 e. The Balaban J connectivity index is 1.63. The summed E-state index contributed by atoms with van der Waals surface area (Å²) in [6.45, 7) is 1.26. The number of ether oxygens (including phenoxy) is 2. The fourth-order valence-electron chi connectivity index (χ4n) is 2.30. The maximum Gasteiger partial charge on any atom is 0.183 e. The van der Waals surface area contributed by atoms with E-state index < -0.39 is 0 Å². The van der Waals surface area contributed by atoms with Gasteiger partial charge in [0.25, 0.3) is 0 Å². The number of rotatable bonds is 3.